The molecule has 4 aromatic rings. The Morgan fingerprint density at radius 2 is 1.95 bits per heavy atom. The molecule has 0 fully saturated rings. The van der Waals surface area contributed by atoms with E-state index in [0.29, 0.717) is 5.82 Å². The number of hydrogen-bond donors (Lipinski definition) is 0. The fourth-order valence-corrected chi connectivity index (χ4v) is 3.70. The average molecular weight is 349 g/mol. The first kappa shape index (κ1) is 13.7. The molecule has 22 heavy (non-hydrogen) atoms. The van der Waals surface area contributed by atoms with Crippen LogP contribution in [0.5, 0.6) is 0 Å². The summed E-state index contributed by atoms with van der Waals surface area (Å²) in [5.74, 6) is 0.695. The number of hydrogen-bond acceptors (Lipinski definition) is 7. The lowest BCUT2D eigenvalue weighted by Crippen LogP contribution is -1.93. The van der Waals surface area contributed by atoms with Gasteiger partial charge < -0.3 is 0 Å². The molecule has 4 rings (SSSR count). The molecule has 6 nitrogen and oxygen atoms in total. The van der Waals surface area contributed by atoms with Gasteiger partial charge in [0.1, 0.15) is 9.88 Å². The fraction of sp³-hybridized carbons (Fsp3) is 0.154. The Bertz CT molecular complexity index is 939. The monoisotopic (exact) mass is 348 g/mol. The predicted octanol–water partition coefficient (Wildman–Crippen LogP) is 3.26. The maximum absolute atomic E-state index is 5.91. The summed E-state index contributed by atoms with van der Waals surface area (Å²) in [4.78, 5) is 1.67. The lowest BCUT2D eigenvalue weighted by Gasteiger charge is -1.97. The van der Waals surface area contributed by atoms with Crippen LogP contribution in [0.4, 0.5) is 0 Å². The van der Waals surface area contributed by atoms with E-state index in [1.807, 2.05) is 31.2 Å². The molecular formula is C13H9ClN6S2. The maximum Gasteiger partial charge on any atom is 0.235 e. The van der Waals surface area contributed by atoms with Crippen molar-refractivity contribution in [2.75, 3.05) is 0 Å². The van der Waals surface area contributed by atoms with Gasteiger partial charge in [-0.15, -0.1) is 15.3 Å². The molecular weight excluding hydrogens is 340 g/mol. The lowest BCUT2D eigenvalue weighted by atomic mass is 10.2. The van der Waals surface area contributed by atoms with Gasteiger partial charge in [-0.25, -0.2) is 0 Å². The van der Waals surface area contributed by atoms with Crippen molar-refractivity contribution in [1.29, 1.82) is 0 Å². The van der Waals surface area contributed by atoms with E-state index in [4.69, 9.17) is 11.6 Å². The van der Waals surface area contributed by atoms with Gasteiger partial charge in [0, 0.05) is 11.4 Å². The van der Waals surface area contributed by atoms with Gasteiger partial charge >= 0.3 is 0 Å². The van der Waals surface area contributed by atoms with Gasteiger partial charge in [-0.05, 0) is 36.2 Å². The van der Waals surface area contributed by atoms with Crippen molar-refractivity contribution in [3.63, 3.8) is 0 Å². The third-order valence-corrected chi connectivity index (χ3v) is 5.13. The van der Waals surface area contributed by atoms with Crippen molar-refractivity contribution >= 4 is 39.4 Å². The van der Waals surface area contributed by atoms with Crippen molar-refractivity contribution in [2.24, 2.45) is 0 Å². The molecule has 0 bridgehead atoms. The van der Waals surface area contributed by atoms with E-state index in [1.54, 1.807) is 4.52 Å². The first-order valence-corrected chi connectivity index (χ1v) is 8.42. The zero-order valence-corrected chi connectivity index (χ0v) is 13.8. The normalized spacial score (nSPS) is 11.4. The van der Waals surface area contributed by atoms with Crippen LogP contribution in [-0.2, 0) is 6.42 Å². The van der Waals surface area contributed by atoms with Crippen LogP contribution in [0.1, 0.15) is 16.3 Å². The molecule has 0 aliphatic carbocycles. The average Bonchev–Trinajstić information content (AvgIpc) is 3.17. The molecule has 0 radical (unpaired) electrons. The highest BCUT2D eigenvalue weighted by Crippen LogP contribution is 2.26. The first-order chi connectivity index (χ1) is 10.7. The summed E-state index contributed by atoms with van der Waals surface area (Å²) in [6, 6.07) is 7.77. The second-order valence-corrected chi connectivity index (χ2v) is 6.94. The molecule has 0 N–H and O–H groups in total. The number of nitrogens with zero attached hydrogens (tertiary/aromatic N) is 6. The molecule has 0 saturated heterocycles. The number of rotatable bonds is 3. The van der Waals surface area contributed by atoms with Crippen molar-refractivity contribution < 1.29 is 0 Å². The summed E-state index contributed by atoms with van der Waals surface area (Å²) in [7, 11) is 0. The van der Waals surface area contributed by atoms with E-state index in [9.17, 15) is 0 Å². The quantitative estimate of drug-likeness (QED) is 0.568. The van der Waals surface area contributed by atoms with Crippen molar-refractivity contribution in [2.45, 2.75) is 13.3 Å². The van der Waals surface area contributed by atoms with Crippen LogP contribution in [0.25, 0.3) is 15.7 Å². The number of benzene rings is 1. The Hall–Kier alpha value is -1.90. The highest BCUT2D eigenvalue weighted by molar-refractivity contribution is 7.16. The molecule has 0 saturated carbocycles. The molecule has 0 atom stereocenters. The molecule has 110 valence electrons. The van der Waals surface area contributed by atoms with Gasteiger partial charge in [-0.2, -0.15) is 9.61 Å². The summed E-state index contributed by atoms with van der Waals surface area (Å²) in [5, 5.41) is 18.7. The lowest BCUT2D eigenvalue weighted by molar-refractivity contribution is 0.918. The highest BCUT2D eigenvalue weighted by Gasteiger charge is 2.17. The van der Waals surface area contributed by atoms with Crippen molar-refractivity contribution in [1.82, 2.24) is 29.4 Å². The molecule has 9 heteroatoms. The van der Waals surface area contributed by atoms with E-state index in [1.165, 1.54) is 22.9 Å². The van der Waals surface area contributed by atoms with Gasteiger partial charge in [-0.1, -0.05) is 39.6 Å². The number of halogens is 1. The molecule has 1 aromatic carbocycles. The zero-order chi connectivity index (χ0) is 15.1. The zero-order valence-electron chi connectivity index (χ0n) is 11.4. The first-order valence-electron chi connectivity index (χ1n) is 6.45. The number of fused-ring (bicyclic) bond motifs is 1. The minimum absolute atomic E-state index is 0.695. The van der Waals surface area contributed by atoms with E-state index < -0.39 is 0 Å². The standard InChI is InChI=1S/C13H9ClN6S2/c1-7-11(22-19-15-7)12-16-17-13-20(12)18-10(21-13)6-8-2-4-9(14)5-3-8/h2-5H,6H2,1H3. The fourth-order valence-electron chi connectivity index (χ4n) is 2.08. The van der Waals surface area contributed by atoms with Gasteiger partial charge in [0.05, 0.1) is 5.69 Å². The molecule has 0 spiro atoms. The number of aromatic nitrogens is 6. The Balaban J connectivity index is 1.71. The van der Waals surface area contributed by atoms with Gasteiger partial charge in [0.15, 0.2) is 5.82 Å². The Kier molecular flexibility index (Phi) is 3.36. The third kappa shape index (κ3) is 2.39. The minimum atomic E-state index is 0.695. The molecule has 0 aliphatic heterocycles. The molecule has 3 aromatic heterocycles. The summed E-state index contributed by atoms with van der Waals surface area (Å²) in [6.45, 7) is 1.90. The third-order valence-electron chi connectivity index (χ3n) is 3.16. The largest absolute Gasteiger partial charge is 0.235 e. The topological polar surface area (TPSA) is 68.9 Å². The summed E-state index contributed by atoms with van der Waals surface area (Å²) < 4.78 is 5.70. The summed E-state index contributed by atoms with van der Waals surface area (Å²) in [5.41, 5.74) is 2.00. The number of aryl methyl sites for hydroxylation is 1. The highest BCUT2D eigenvalue weighted by atomic mass is 35.5. The van der Waals surface area contributed by atoms with Crippen LogP contribution in [0.2, 0.25) is 5.02 Å². The Morgan fingerprint density at radius 3 is 2.68 bits per heavy atom. The maximum atomic E-state index is 5.91. The van der Waals surface area contributed by atoms with Gasteiger partial charge in [0.2, 0.25) is 4.96 Å². The Labute approximate surface area is 138 Å². The van der Waals surface area contributed by atoms with E-state index in [2.05, 4.69) is 24.9 Å². The smallest absolute Gasteiger partial charge is 0.182 e. The van der Waals surface area contributed by atoms with Crippen LogP contribution in [0.15, 0.2) is 24.3 Å². The van der Waals surface area contributed by atoms with E-state index in [-0.39, 0.29) is 0 Å². The van der Waals surface area contributed by atoms with Gasteiger partial charge in [0.25, 0.3) is 0 Å². The van der Waals surface area contributed by atoms with Crippen LogP contribution in [0, 0.1) is 6.92 Å². The second kappa shape index (κ2) is 5.38. The van der Waals surface area contributed by atoms with E-state index >= 15 is 0 Å². The van der Waals surface area contributed by atoms with Crippen LogP contribution >= 0.6 is 34.5 Å². The second-order valence-electron chi connectivity index (χ2n) is 4.70. The molecule has 3 heterocycles. The predicted molar refractivity (Wildman–Crippen MR) is 86.6 cm³/mol. The van der Waals surface area contributed by atoms with Crippen molar-refractivity contribution in [3.8, 4) is 10.7 Å². The van der Waals surface area contributed by atoms with Crippen LogP contribution in [-0.4, -0.2) is 29.4 Å². The van der Waals surface area contributed by atoms with Crippen LogP contribution in [0.3, 0.4) is 0 Å². The SMILES string of the molecule is Cc1nnsc1-c1nnc2sc(Cc3ccc(Cl)cc3)nn12. The van der Waals surface area contributed by atoms with Gasteiger partial charge in [-0.3, -0.25) is 0 Å². The van der Waals surface area contributed by atoms with Crippen molar-refractivity contribution in [3.05, 3.63) is 45.6 Å². The minimum Gasteiger partial charge on any atom is -0.182 e. The molecule has 0 aliphatic rings. The molecule has 0 amide bonds. The summed E-state index contributed by atoms with van der Waals surface area (Å²) in [6.07, 6.45) is 0.741. The Morgan fingerprint density at radius 1 is 1.14 bits per heavy atom. The molecule has 0 unspecified atom stereocenters. The van der Waals surface area contributed by atoms with E-state index in [0.717, 1.165) is 37.5 Å². The van der Waals surface area contributed by atoms with Crippen LogP contribution < -0.4 is 0 Å². The summed E-state index contributed by atoms with van der Waals surface area (Å²) >= 11 is 8.74.